The van der Waals surface area contributed by atoms with E-state index in [0.29, 0.717) is 5.76 Å². The molecule has 2 heterocycles. The van der Waals surface area contributed by atoms with Gasteiger partial charge >= 0.3 is 0 Å². The zero-order chi connectivity index (χ0) is 17.2. The second-order valence-corrected chi connectivity index (χ2v) is 7.52. The van der Waals surface area contributed by atoms with E-state index in [1.165, 1.54) is 24.5 Å². The summed E-state index contributed by atoms with van der Waals surface area (Å²) >= 11 is 11.8. The van der Waals surface area contributed by atoms with E-state index in [1.807, 2.05) is 0 Å². The minimum Gasteiger partial charge on any atom is -0.467 e. The standard InChI is InChI=1S/C15H13Cl2N3O3S/c16-11-4-5-12(17)15(9-11)24(21,22)19-10-13(14-3-1-8-23-14)20-7-2-6-18-20/h1-9,13,19H,10H2/t13-/m0/s1. The van der Waals surface area contributed by atoms with Crippen molar-refractivity contribution in [2.75, 3.05) is 6.54 Å². The van der Waals surface area contributed by atoms with Gasteiger partial charge in [-0.3, -0.25) is 4.68 Å². The van der Waals surface area contributed by atoms with Crippen LogP contribution in [0.15, 0.2) is 64.4 Å². The molecular weight excluding hydrogens is 373 g/mol. The molecular formula is C15H13Cl2N3O3S. The second kappa shape index (κ2) is 6.98. The number of halogens is 2. The minimum absolute atomic E-state index is 0.0420. The number of hydrogen-bond donors (Lipinski definition) is 1. The zero-order valence-electron chi connectivity index (χ0n) is 12.3. The van der Waals surface area contributed by atoms with Gasteiger partial charge in [-0.25, -0.2) is 13.1 Å². The third-order valence-corrected chi connectivity index (χ3v) is 5.51. The van der Waals surface area contributed by atoms with Crippen LogP contribution in [-0.2, 0) is 10.0 Å². The van der Waals surface area contributed by atoms with Crippen molar-refractivity contribution in [2.45, 2.75) is 10.9 Å². The largest absolute Gasteiger partial charge is 0.467 e. The summed E-state index contributed by atoms with van der Waals surface area (Å²) in [6.07, 6.45) is 4.86. The third-order valence-electron chi connectivity index (χ3n) is 3.37. The molecule has 0 saturated heterocycles. The summed E-state index contributed by atoms with van der Waals surface area (Å²) in [5.41, 5.74) is 0. The van der Waals surface area contributed by atoms with Gasteiger partial charge in [-0.05, 0) is 36.4 Å². The molecule has 3 rings (SSSR count). The van der Waals surface area contributed by atoms with E-state index in [2.05, 4.69) is 9.82 Å². The van der Waals surface area contributed by atoms with Crippen LogP contribution in [0.5, 0.6) is 0 Å². The van der Waals surface area contributed by atoms with Crippen LogP contribution in [-0.4, -0.2) is 24.7 Å². The fourth-order valence-corrected chi connectivity index (χ4v) is 4.02. The first-order valence-corrected chi connectivity index (χ1v) is 9.18. The summed E-state index contributed by atoms with van der Waals surface area (Å²) in [4.78, 5) is -0.0738. The van der Waals surface area contributed by atoms with Crippen molar-refractivity contribution >= 4 is 33.2 Å². The average molecular weight is 386 g/mol. The molecule has 0 radical (unpaired) electrons. The van der Waals surface area contributed by atoms with Crippen LogP contribution < -0.4 is 4.72 Å². The van der Waals surface area contributed by atoms with Crippen molar-refractivity contribution in [1.82, 2.24) is 14.5 Å². The van der Waals surface area contributed by atoms with Crippen LogP contribution in [0, 0.1) is 0 Å². The highest BCUT2D eigenvalue weighted by atomic mass is 35.5. The van der Waals surface area contributed by atoms with Crippen LogP contribution >= 0.6 is 23.2 Å². The molecule has 24 heavy (non-hydrogen) atoms. The molecule has 0 saturated carbocycles. The lowest BCUT2D eigenvalue weighted by molar-refractivity contribution is 0.402. The smallest absolute Gasteiger partial charge is 0.242 e. The summed E-state index contributed by atoms with van der Waals surface area (Å²) < 4.78 is 34.6. The number of sulfonamides is 1. The maximum atomic E-state index is 12.5. The van der Waals surface area contributed by atoms with E-state index in [4.69, 9.17) is 27.6 Å². The summed E-state index contributed by atoms with van der Waals surface area (Å²) in [5, 5.41) is 4.54. The molecule has 1 N–H and O–H groups in total. The van der Waals surface area contributed by atoms with Crippen molar-refractivity contribution < 1.29 is 12.8 Å². The van der Waals surface area contributed by atoms with Crippen molar-refractivity contribution in [3.05, 3.63) is 70.9 Å². The number of hydrogen-bond acceptors (Lipinski definition) is 4. The van der Waals surface area contributed by atoms with Crippen LogP contribution in [0.3, 0.4) is 0 Å². The Labute approximate surface area is 149 Å². The molecule has 0 amide bonds. The van der Waals surface area contributed by atoms with Crippen LogP contribution in [0.25, 0.3) is 0 Å². The Kier molecular flexibility index (Phi) is 4.96. The van der Waals surface area contributed by atoms with Crippen molar-refractivity contribution in [3.8, 4) is 0 Å². The molecule has 0 aliphatic carbocycles. The Morgan fingerprint density at radius 1 is 1.25 bits per heavy atom. The minimum atomic E-state index is -3.84. The molecule has 0 spiro atoms. The van der Waals surface area contributed by atoms with Gasteiger partial charge in [0, 0.05) is 24.0 Å². The fourth-order valence-electron chi connectivity index (χ4n) is 2.22. The molecule has 0 unspecified atom stereocenters. The van der Waals surface area contributed by atoms with Crippen molar-refractivity contribution in [1.29, 1.82) is 0 Å². The van der Waals surface area contributed by atoms with Gasteiger partial charge in [0.2, 0.25) is 10.0 Å². The summed E-state index contributed by atoms with van der Waals surface area (Å²) in [6.45, 7) is 0.0420. The van der Waals surface area contributed by atoms with Crippen LogP contribution in [0.4, 0.5) is 0 Å². The van der Waals surface area contributed by atoms with E-state index in [9.17, 15) is 8.42 Å². The van der Waals surface area contributed by atoms with E-state index >= 15 is 0 Å². The quantitative estimate of drug-likeness (QED) is 0.705. The van der Waals surface area contributed by atoms with Gasteiger partial charge in [-0.15, -0.1) is 0 Å². The normalized spacial score (nSPS) is 13.1. The molecule has 0 bridgehead atoms. The Bertz CT molecular complexity index is 875. The first kappa shape index (κ1) is 17.0. The monoisotopic (exact) mass is 385 g/mol. The van der Waals surface area contributed by atoms with Gasteiger partial charge in [0.05, 0.1) is 11.3 Å². The van der Waals surface area contributed by atoms with Crippen LogP contribution in [0.2, 0.25) is 10.0 Å². The lowest BCUT2D eigenvalue weighted by Gasteiger charge is -2.16. The van der Waals surface area contributed by atoms with E-state index < -0.39 is 16.1 Å². The van der Waals surface area contributed by atoms with Gasteiger partial charge in [0.1, 0.15) is 16.7 Å². The average Bonchev–Trinajstić information content (AvgIpc) is 3.23. The summed E-state index contributed by atoms with van der Waals surface area (Å²) in [5.74, 6) is 0.582. The third kappa shape index (κ3) is 3.64. The molecule has 6 nitrogen and oxygen atoms in total. The molecule has 2 aromatic heterocycles. The Hall–Kier alpha value is -1.80. The van der Waals surface area contributed by atoms with Crippen molar-refractivity contribution in [3.63, 3.8) is 0 Å². The maximum absolute atomic E-state index is 12.5. The molecule has 9 heteroatoms. The molecule has 1 aromatic carbocycles. The molecule has 0 fully saturated rings. The fraction of sp³-hybridized carbons (Fsp3) is 0.133. The molecule has 1 atom stereocenters. The van der Waals surface area contributed by atoms with Gasteiger partial charge in [0.25, 0.3) is 0 Å². The molecule has 0 aliphatic heterocycles. The molecule has 3 aromatic rings. The predicted molar refractivity (Wildman–Crippen MR) is 90.7 cm³/mol. The Morgan fingerprint density at radius 3 is 2.75 bits per heavy atom. The van der Waals surface area contributed by atoms with Gasteiger partial charge in [-0.1, -0.05) is 23.2 Å². The number of nitrogens with one attached hydrogen (secondary N) is 1. The Morgan fingerprint density at radius 2 is 2.08 bits per heavy atom. The van der Waals surface area contributed by atoms with Crippen LogP contribution in [0.1, 0.15) is 11.8 Å². The first-order chi connectivity index (χ1) is 11.5. The Balaban J connectivity index is 1.85. The zero-order valence-corrected chi connectivity index (χ0v) is 14.6. The number of nitrogens with zero attached hydrogens (tertiary/aromatic N) is 2. The van der Waals surface area contributed by atoms with E-state index in [-0.39, 0.29) is 21.5 Å². The van der Waals surface area contributed by atoms with Gasteiger partial charge < -0.3 is 4.42 Å². The summed E-state index contributed by atoms with van der Waals surface area (Å²) in [6, 6.07) is 9.08. The predicted octanol–water partition coefficient (Wildman–Crippen LogP) is 3.35. The first-order valence-electron chi connectivity index (χ1n) is 6.94. The van der Waals surface area contributed by atoms with E-state index in [0.717, 1.165) is 0 Å². The van der Waals surface area contributed by atoms with Gasteiger partial charge in [-0.2, -0.15) is 5.10 Å². The highest BCUT2D eigenvalue weighted by molar-refractivity contribution is 7.89. The number of benzene rings is 1. The van der Waals surface area contributed by atoms with E-state index in [1.54, 1.807) is 35.3 Å². The van der Waals surface area contributed by atoms with Crippen molar-refractivity contribution in [2.24, 2.45) is 0 Å². The topological polar surface area (TPSA) is 77.1 Å². The highest BCUT2D eigenvalue weighted by Gasteiger charge is 2.23. The lowest BCUT2D eigenvalue weighted by atomic mass is 10.2. The number of aromatic nitrogens is 2. The highest BCUT2D eigenvalue weighted by Crippen LogP contribution is 2.25. The molecule has 0 aliphatic rings. The number of rotatable bonds is 6. The number of furan rings is 1. The second-order valence-electron chi connectivity index (χ2n) is 4.94. The maximum Gasteiger partial charge on any atom is 0.242 e. The lowest BCUT2D eigenvalue weighted by Crippen LogP contribution is -2.31. The van der Waals surface area contributed by atoms with Gasteiger partial charge in [0.15, 0.2) is 0 Å². The SMILES string of the molecule is O=S(=O)(NC[C@@H](c1ccco1)n1cccn1)c1cc(Cl)ccc1Cl. The summed E-state index contributed by atoms with van der Waals surface area (Å²) in [7, 11) is -3.84. The molecule has 126 valence electrons.